The van der Waals surface area contributed by atoms with Crippen molar-refractivity contribution in [2.24, 2.45) is 0 Å². The van der Waals surface area contributed by atoms with Crippen LogP contribution in [0.3, 0.4) is 0 Å². The van der Waals surface area contributed by atoms with E-state index in [-0.39, 0.29) is 24.8 Å². The maximum Gasteiger partial charge on any atom is 0.307 e. The van der Waals surface area contributed by atoms with Gasteiger partial charge in [-0.1, -0.05) is 12.1 Å². The van der Waals surface area contributed by atoms with Crippen LogP contribution in [-0.2, 0) is 16.1 Å². The van der Waals surface area contributed by atoms with Gasteiger partial charge in [-0.05, 0) is 40.2 Å². The van der Waals surface area contributed by atoms with Crippen molar-refractivity contribution >= 4 is 27.8 Å². The molecule has 0 spiro atoms. The highest BCUT2D eigenvalue weighted by molar-refractivity contribution is 9.10. The number of halogens is 1. The van der Waals surface area contributed by atoms with Gasteiger partial charge in [0.15, 0.2) is 0 Å². The van der Waals surface area contributed by atoms with E-state index in [4.69, 9.17) is 4.42 Å². The summed E-state index contributed by atoms with van der Waals surface area (Å²) in [5.41, 5.74) is 0.541. The molecule has 0 unspecified atom stereocenters. The molecular weight excluding hydrogens is 350 g/mol. The van der Waals surface area contributed by atoms with E-state index in [0.29, 0.717) is 22.3 Å². The first-order valence-electron chi connectivity index (χ1n) is 6.75. The number of hydrogen-bond donors (Lipinski definition) is 0. The molecule has 116 valence electrons. The quantitative estimate of drug-likeness (QED) is 0.737. The van der Waals surface area contributed by atoms with Gasteiger partial charge in [0.1, 0.15) is 5.76 Å². The molecule has 0 saturated heterocycles. The Balaban J connectivity index is 2.17. The van der Waals surface area contributed by atoms with Crippen LogP contribution in [0, 0.1) is 0 Å². The van der Waals surface area contributed by atoms with Crippen molar-refractivity contribution < 1.29 is 18.7 Å². The molecule has 1 heterocycles. The Labute approximate surface area is 137 Å². The predicted molar refractivity (Wildman–Crippen MR) is 84.2 cm³/mol. The lowest BCUT2D eigenvalue weighted by Crippen LogP contribution is -2.32. The normalized spacial score (nSPS) is 10.3. The van der Waals surface area contributed by atoms with Gasteiger partial charge in [0, 0.05) is 11.0 Å². The van der Waals surface area contributed by atoms with E-state index in [1.807, 2.05) is 6.07 Å². The smallest absolute Gasteiger partial charge is 0.307 e. The number of carbonyl (C=O) groups excluding carboxylic acids is 2. The molecule has 0 radical (unpaired) electrons. The lowest BCUT2D eigenvalue weighted by atomic mass is 10.2. The van der Waals surface area contributed by atoms with Crippen molar-refractivity contribution in [1.82, 2.24) is 4.90 Å². The molecule has 5 nitrogen and oxygen atoms in total. The van der Waals surface area contributed by atoms with Crippen LogP contribution >= 0.6 is 15.9 Å². The van der Waals surface area contributed by atoms with Crippen molar-refractivity contribution in [2.45, 2.75) is 13.0 Å². The van der Waals surface area contributed by atoms with Crippen LogP contribution in [0.1, 0.15) is 22.5 Å². The van der Waals surface area contributed by atoms with Gasteiger partial charge in [0.2, 0.25) is 0 Å². The fourth-order valence-corrected chi connectivity index (χ4v) is 2.43. The first-order chi connectivity index (χ1) is 10.6. The van der Waals surface area contributed by atoms with E-state index in [1.165, 1.54) is 7.11 Å². The third kappa shape index (κ3) is 4.21. The van der Waals surface area contributed by atoms with Crippen molar-refractivity contribution in [3.63, 3.8) is 0 Å². The van der Waals surface area contributed by atoms with Crippen LogP contribution in [0.15, 0.2) is 51.6 Å². The van der Waals surface area contributed by atoms with E-state index < -0.39 is 0 Å². The van der Waals surface area contributed by atoms with Gasteiger partial charge >= 0.3 is 5.97 Å². The summed E-state index contributed by atoms with van der Waals surface area (Å²) >= 11 is 3.37. The molecule has 22 heavy (non-hydrogen) atoms. The number of hydrogen-bond acceptors (Lipinski definition) is 4. The molecule has 0 saturated carbocycles. The first kappa shape index (κ1) is 16.3. The predicted octanol–water partition coefficient (Wildman–Crippen LogP) is 3.25. The molecule has 0 fully saturated rings. The summed E-state index contributed by atoms with van der Waals surface area (Å²) < 4.78 is 10.6. The van der Waals surface area contributed by atoms with E-state index in [1.54, 1.807) is 41.5 Å². The molecular formula is C16H16BrNO4. The number of ether oxygens (including phenoxy) is 1. The molecule has 1 aromatic carbocycles. The number of methoxy groups -OCH3 is 1. The SMILES string of the molecule is COC(=O)CCN(Cc1ccco1)C(=O)c1ccccc1Br. The van der Waals surface area contributed by atoms with Crippen molar-refractivity contribution in [1.29, 1.82) is 0 Å². The Morgan fingerprint density at radius 1 is 1.23 bits per heavy atom. The second kappa shape index (κ2) is 7.79. The lowest BCUT2D eigenvalue weighted by Gasteiger charge is -2.21. The van der Waals surface area contributed by atoms with Gasteiger partial charge in [0.05, 0.1) is 31.9 Å². The number of benzene rings is 1. The molecule has 0 aliphatic heterocycles. The Morgan fingerprint density at radius 3 is 2.64 bits per heavy atom. The van der Waals surface area contributed by atoms with Gasteiger partial charge in [0.25, 0.3) is 5.91 Å². The summed E-state index contributed by atoms with van der Waals surface area (Å²) in [6.45, 7) is 0.553. The van der Waals surface area contributed by atoms with Crippen molar-refractivity contribution in [3.05, 3.63) is 58.5 Å². The van der Waals surface area contributed by atoms with Crippen LogP contribution in [0.2, 0.25) is 0 Å². The molecule has 2 aromatic rings. The van der Waals surface area contributed by atoms with E-state index >= 15 is 0 Å². The number of esters is 1. The monoisotopic (exact) mass is 365 g/mol. The average Bonchev–Trinajstić information content (AvgIpc) is 3.04. The van der Waals surface area contributed by atoms with Crippen LogP contribution in [-0.4, -0.2) is 30.4 Å². The van der Waals surface area contributed by atoms with E-state index in [0.717, 1.165) is 0 Å². The third-order valence-corrected chi connectivity index (χ3v) is 3.82. The molecule has 0 N–H and O–H groups in total. The van der Waals surface area contributed by atoms with Crippen molar-refractivity contribution in [3.8, 4) is 0 Å². The Bertz CT molecular complexity index is 639. The van der Waals surface area contributed by atoms with Crippen LogP contribution < -0.4 is 0 Å². The second-order valence-electron chi connectivity index (χ2n) is 4.61. The first-order valence-corrected chi connectivity index (χ1v) is 7.54. The minimum Gasteiger partial charge on any atom is -0.469 e. The molecule has 6 heteroatoms. The maximum atomic E-state index is 12.7. The Morgan fingerprint density at radius 2 is 2.00 bits per heavy atom. The highest BCUT2D eigenvalue weighted by atomic mass is 79.9. The van der Waals surface area contributed by atoms with Gasteiger partial charge in [-0.15, -0.1) is 0 Å². The summed E-state index contributed by atoms with van der Waals surface area (Å²) in [4.78, 5) is 25.6. The van der Waals surface area contributed by atoms with Crippen LogP contribution in [0.4, 0.5) is 0 Å². The van der Waals surface area contributed by atoms with Gasteiger partial charge in [-0.3, -0.25) is 9.59 Å². The number of furan rings is 1. The van der Waals surface area contributed by atoms with E-state index in [9.17, 15) is 9.59 Å². The molecule has 0 aliphatic rings. The lowest BCUT2D eigenvalue weighted by molar-refractivity contribution is -0.140. The highest BCUT2D eigenvalue weighted by Crippen LogP contribution is 2.19. The number of nitrogens with zero attached hydrogens (tertiary/aromatic N) is 1. The van der Waals surface area contributed by atoms with Crippen LogP contribution in [0.25, 0.3) is 0 Å². The van der Waals surface area contributed by atoms with E-state index in [2.05, 4.69) is 20.7 Å². The third-order valence-electron chi connectivity index (χ3n) is 3.13. The summed E-state index contributed by atoms with van der Waals surface area (Å²) in [7, 11) is 1.33. The minimum atomic E-state index is -0.357. The zero-order valence-electron chi connectivity index (χ0n) is 12.1. The number of carbonyl (C=O) groups is 2. The molecule has 0 atom stereocenters. The topological polar surface area (TPSA) is 59.8 Å². The standard InChI is InChI=1S/C16H16BrNO4/c1-21-15(19)8-9-18(11-12-5-4-10-22-12)16(20)13-6-2-3-7-14(13)17/h2-7,10H,8-9,11H2,1H3. The maximum absolute atomic E-state index is 12.7. The fourth-order valence-electron chi connectivity index (χ4n) is 1.98. The summed E-state index contributed by atoms with van der Waals surface area (Å²) in [6, 6.07) is 10.7. The zero-order chi connectivity index (χ0) is 15.9. The number of rotatable bonds is 6. The second-order valence-corrected chi connectivity index (χ2v) is 5.47. The molecule has 1 amide bonds. The van der Waals surface area contributed by atoms with Gasteiger partial charge in [-0.2, -0.15) is 0 Å². The highest BCUT2D eigenvalue weighted by Gasteiger charge is 2.20. The average molecular weight is 366 g/mol. The number of amides is 1. The fraction of sp³-hybridized carbons (Fsp3) is 0.250. The minimum absolute atomic E-state index is 0.132. The summed E-state index contributed by atoms with van der Waals surface area (Å²) in [6.07, 6.45) is 1.68. The largest absolute Gasteiger partial charge is 0.469 e. The van der Waals surface area contributed by atoms with Gasteiger partial charge in [-0.25, -0.2) is 0 Å². The Hall–Kier alpha value is -2.08. The summed E-state index contributed by atoms with van der Waals surface area (Å²) in [5, 5.41) is 0. The van der Waals surface area contributed by atoms with Crippen molar-refractivity contribution in [2.75, 3.05) is 13.7 Å². The van der Waals surface area contributed by atoms with Crippen LogP contribution in [0.5, 0.6) is 0 Å². The summed E-state index contributed by atoms with van der Waals surface area (Å²) in [5.74, 6) is 0.127. The molecule has 0 aliphatic carbocycles. The Kier molecular flexibility index (Phi) is 5.77. The molecule has 0 bridgehead atoms. The molecule has 2 rings (SSSR count). The van der Waals surface area contributed by atoms with Gasteiger partial charge < -0.3 is 14.1 Å². The zero-order valence-corrected chi connectivity index (χ0v) is 13.7. The molecule has 1 aromatic heterocycles.